The van der Waals surface area contributed by atoms with Gasteiger partial charge in [-0.05, 0) is 19.1 Å². The van der Waals surface area contributed by atoms with Crippen LogP contribution in [0.1, 0.15) is 13.3 Å². The maximum absolute atomic E-state index is 15.0. The van der Waals surface area contributed by atoms with Crippen molar-refractivity contribution in [2.75, 3.05) is 13.2 Å². The Kier molecular flexibility index (Phi) is 5.74. The zero-order valence-corrected chi connectivity index (χ0v) is 15.8. The average molecular weight is 418 g/mol. The molecule has 2 aliphatic rings. The molecule has 154 valence electrons. The fourth-order valence-electron chi connectivity index (χ4n) is 3.00. The summed E-state index contributed by atoms with van der Waals surface area (Å²) >= 11 is 0. The van der Waals surface area contributed by atoms with E-state index >= 15 is 4.39 Å². The molecule has 1 unspecified atom stereocenters. The van der Waals surface area contributed by atoms with E-state index in [4.69, 9.17) is 13.8 Å². The molecule has 0 saturated carbocycles. The van der Waals surface area contributed by atoms with Crippen LogP contribution in [0.4, 0.5) is 9.18 Å². The van der Waals surface area contributed by atoms with Crippen molar-refractivity contribution in [1.29, 1.82) is 0 Å². The second-order valence-corrected chi connectivity index (χ2v) is 7.97. The topological polar surface area (TPSA) is 135 Å². The zero-order valence-electron chi connectivity index (χ0n) is 14.9. The summed E-state index contributed by atoms with van der Waals surface area (Å²) in [4.78, 5) is 33.9. The summed E-state index contributed by atoms with van der Waals surface area (Å²) in [5.41, 5.74) is -2.40. The van der Waals surface area contributed by atoms with Crippen LogP contribution in [-0.4, -0.2) is 64.1 Å². The second kappa shape index (κ2) is 7.76. The number of rotatable bonds is 6. The first-order valence-corrected chi connectivity index (χ1v) is 9.94. The largest absolute Gasteiger partial charge is 0.527 e. The molecule has 0 aromatic heterocycles. The third-order valence-electron chi connectivity index (χ3n) is 4.45. The van der Waals surface area contributed by atoms with Gasteiger partial charge < -0.3 is 14.4 Å². The highest BCUT2D eigenvalue weighted by atomic mass is 31.2. The number of hydrogen-bond donors (Lipinski definition) is 3. The zero-order chi connectivity index (χ0) is 20.5. The van der Waals surface area contributed by atoms with Gasteiger partial charge in [-0.2, -0.15) is 0 Å². The SMILES string of the molecule is C[C@@]1(F)[C@H](O)[C@@H](COP(=O)(O)Oc2ccccc2)O[C@H]1N1CCC(=O)NC1=O. The number of aliphatic hydroxyl groups excluding tert-OH is 1. The Labute approximate surface area is 159 Å². The summed E-state index contributed by atoms with van der Waals surface area (Å²) in [6, 6.07) is 6.90. The number of amides is 3. The molecule has 0 bridgehead atoms. The van der Waals surface area contributed by atoms with E-state index in [1.807, 2.05) is 5.32 Å². The van der Waals surface area contributed by atoms with Gasteiger partial charge in [0.15, 0.2) is 11.9 Å². The molecule has 0 aliphatic carbocycles. The fourth-order valence-corrected chi connectivity index (χ4v) is 3.78. The summed E-state index contributed by atoms with van der Waals surface area (Å²) < 4.78 is 42.2. The summed E-state index contributed by atoms with van der Waals surface area (Å²) in [6.45, 7) is 0.280. The van der Waals surface area contributed by atoms with Crippen molar-refractivity contribution in [1.82, 2.24) is 10.2 Å². The van der Waals surface area contributed by atoms with Gasteiger partial charge in [0, 0.05) is 13.0 Å². The molecule has 10 nitrogen and oxygen atoms in total. The average Bonchev–Trinajstić information content (AvgIpc) is 2.84. The minimum absolute atomic E-state index is 0.0459. The number of aliphatic hydroxyl groups is 1. The highest BCUT2D eigenvalue weighted by molar-refractivity contribution is 7.47. The molecule has 28 heavy (non-hydrogen) atoms. The van der Waals surface area contributed by atoms with Crippen molar-refractivity contribution in [3.05, 3.63) is 30.3 Å². The molecule has 3 N–H and O–H groups in total. The van der Waals surface area contributed by atoms with Crippen LogP contribution in [0.25, 0.3) is 0 Å². The Morgan fingerprint density at radius 1 is 1.39 bits per heavy atom. The first-order valence-electron chi connectivity index (χ1n) is 8.45. The van der Waals surface area contributed by atoms with Gasteiger partial charge in [-0.25, -0.2) is 13.8 Å². The number of ether oxygens (including phenoxy) is 1. The molecule has 5 atom stereocenters. The van der Waals surface area contributed by atoms with Crippen LogP contribution in [0.5, 0.6) is 5.75 Å². The number of nitrogens with zero attached hydrogens (tertiary/aromatic N) is 1. The van der Waals surface area contributed by atoms with Gasteiger partial charge in [-0.3, -0.25) is 24.4 Å². The predicted molar refractivity (Wildman–Crippen MR) is 91.9 cm³/mol. The molecule has 2 saturated heterocycles. The highest BCUT2D eigenvalue weighted by Crippen LogP contribution is 2.45. The molecule has 12 heteroatoms. The van der Waals surface area contributed by atoms with Crippen molar-refractivity contribution in [2.45, 2.75) is 37.4 Å². The van der Waals surface area contributed by atoms with Crippen molar-refractivity contribution >= 4 is 19.8 Å². The molecule has 3 amide bonds. The van der Waals surface area contributed by atoms with Crippen LogP contribution in [0.3, 0.4) is 0 Å². The number of para-hydroxylation sites is 1. The molecule has 0 radical (unpaired) electrons. The van der Waals surface area contributed by atoms with Crippen LogP contribution in [0.2, 0.25) is 0 Å². The molecule has 2 heterocycles. The smallest absolute Gasteiger partial charge is 0.404 e. The number of nitrogens with one attached hydrogen (secondary N) is 1. The number of carbonyl (C=O) groups is 2. The van der Waals surface area contributed by atoms with E-state index in [1.54, 1.807) is 18.2 Å². The second-order valence-electron chi connectivity index (χ2n) is 6.59. The molecular formula is C16H20FN2O8P. The Bertz CT molecular complexity index is 792. The normalized spacial score (nSPS) is 32.7. The Balaban J connectivity index is 1.64. The predicted octanol–water partition coefficient (Wildman–Crippen LogP) is 0.938. The van der Waals surface area contributed by atoms with Gasteiger partial charge in [0.05, 0.1) is 6.61 Å². The van der Waals surface area contributed by atoms with Crippen LogP contribution in [0, 0.1) is 0 Å². The number of phosphoric acid groups is 1. The lowest BCUT2D eigenvalue weighted by molar-refractivity contribution is -0.126. The number of urea groups is 1. The number of hydrogen-bond acceptors (Lipinski definition) is 7. The maximum Gasteiger partial charge on any atom is 0.527 e. The summed E-state index contributed by atoms with van der Waals surface area (Å²) in [7, 11) is -4.56. The van der Waals surface area contributed by atoms with Crippen molar-refractivity contribution in [3.63, 3.8) is 0 Å². The first-order chi connectivity index (χ1) is 13.1. The lowest BCUT2D eigenvalue weighted by atomic mass is 9.97. The molecule has 1 aromatic rings. The van der Waals surface area contributed by atoms with Crippen LogP contribution in [-0.2, 0) is 18.6 Å². The van der Waals surface area contributed by atoms with Crippen LogP contribution < -0.4 is 9.84 Å². The summed E-state index contributed by atoms with van der Waals surface area (Å²) in [6.07, 6.45) is -4.64. The lowest BCUT2D eigenvalue weighted by Crippen LogP contribution is -2.59. The van der Waals surface area contributed by atoms with Crippen LogP contribution >= 0.6 is 7.82 Å². The number of alkyl halides is 1. The van der Waals surface area contributed by atoms with Crippen molar-refractivity contribution in [2.24, 2.45) is 0 Å². The molecule has 2 aliphatic heterocycles. The van der Waals surface area contributed by atoms with Gasteiger partial charge in [0.25, 0.3) is 0 Å². The van der Waals surface area contributed by atoms with Crippen molar-refractivity contribution < 1.29 is 42.3 Å². The van der Waals surface area contributed by atoms with Gasteiger partial charge in [0.2, 0.25) is 5.91 Å². The highest BCUT2D eigenvalue weighted by Gasteiger charge is 2.58. The van der Waals surface area contributed by atoms with Crippen molar-refractivity contribution in [3.8, 4) is 5.75 Å². The quantitative estimate of drug-likeness (QED) is 0.581. The Morgan fingerprint density at radius 2 is 2.07 bits per heavy atom. The minimum atomic E-state index is -4.56. The molecule has 1 aromatic carbocycles. The van der Waals surface area contributed by atoms with Gasteiger partial charge in [0.1, 0.15) is 18.0 Å². The number of phosphoric ester groups is 1. The van der Waals surface area contributed by atoms with Gasteiger partial charge in [-0.15, -0.1) is 0 Å². The Morgan fingerprint density at radius 3 is 2.71 bits per heavy atom. The van der Waals surface area contributed by atoms with E-state index in [-0.39, 0.29) is 18.7 Å². The number of benzene rings is 1. The maximum atomic E-state index is 15.0. The molecule has 0 spiro atoms. The van der Waals surface area contributed by atoms with E-state index in [1.165, 1.54) is 12.1 Å². The van der Waals surface area contributed by atoms with E-state index in [9.17, 15) is 24.2 Å². The summed E-state index contributed by atoms with van der Waals surface area (Å²) in [5, 5.41) is 12.3. The van der Waals surface area contributed by atoms with E-state index in [0.29, 0.717) is 0 Å². The lowest BCUT2D eigenvalue weighted by Gasteiger charge is -2.35. The molecule has 3 rings (SSSR count). The van der Waals surface area contributed by atoms with Gasteiger partial charge in [-0.1, -0.05) is 18.2 Å². The Hall–Kier alpha value is -2.04. The third kappa shape index (κ3) is 4.34. The fraction of sp³-hybridized carbons (Fsp3) is 0.500. The number of halogens is 1. The minimum Gasteiger partial charge on any atom is -0.404 e. The number of imide groups is 1. The molecular weight excluding hydrogens is 398 g/mol. The van der Waals surface area contributed by atoms with Crippen LogP contribution in [0.15, 0.2) is 30.3 Å². The molecule has 2 fully saturated rings. The summed E-state index contributed by atoms with van der Waals surface area (Å²) in [5.74, 6) is -0.413. The van der Waals surface area contributed by atoms with Gasteiger partial charge >= 0.3 is 13.9 Å². The standard InChI is InChI=1S/C16H20FN2O8P/c1-16(17)13(21)11(26-14(16)19-8-7-12(20)18-15(19)22)9-25-28(23,24)27-10-5-3-2-4-6-10/h2-6,11,13-14,21H,7-9H2,1H3,(H,23,24)(H,18,20,22)/t11-,13-,14-,16-/m1/s1. The number of carbonyl (C=O) groups excluding carboxylic acids is 2. The first kappa shape index (κ1) is 20.7. The third-order valence-corrected chi connectivity index (χ3v) is 5.37. The van der Waals surface area contributed by atoms with E-state index in [0.717, 1.165) is 11.8 Å². The monoisotopic (exact) mass is 418 g/mol. The van der Waals surface area contributed by atoms with E-state index < -0.39 is 50.5 Å². The van der Waals surface area contributed by atoms with E-state index in [2.05, 4.69) is 0 Å².